The summed E-state index contributed by atoms with van der Waals surface area (Å²) in [7, 11) is 0. The molecule has 10 nitrogen and oxygen atoms in total. The minimum atomic E-state index is -1.58. The van der Waals surface area contributed by atoms with Crippen molar-refractivity contribution < 1.29 is 39.6 Å². The Morgan fingerprint density at radius 3 is 1.21 bits per heavy atom. The molecule has 8 N–H and O–H groups in total. The van der Waals surface area contributed by atoms with Crippen LogP contribution in [0.4, 0.5) is 0 Å². The highest BCUT2D eigenvalue weighted by molar-refractivity contribution is 6.25. The normalized spacial score (nSPS) is 10.5. The number of benzene rings is 2. The SMILES string of the molecule is NC(=O)c1c(O)c(O)c(C(N)=O)c2c(C(=O)O)ccc(C(=O)O)c12. The fourth-order valence-corrected chi connectivity index (χ4v) is 2.43. The van der Waals surface area contributed by atoms with Crippen molar-refractivity contribution in [2.24, 2.45) is 11.5 Å². The Balaban J connectivity index is 3.35. The van der Waals surface area contributed by atoms with Crippen LogP contribution in [0.5, 0.6) is 11.5 Å². The summed E-state index contributed by atoms with van der Waals surface area (Å²) < 4.78 is 0. The number of amides is 2. The van der Waals surface area contributed by atoms with E-state index < -0.39 is 68.3 Å². The number of hydrogen-bond acceptors (Lipinski definition) is 6. The van der Waals surface area contributed by atoms with E-state index in [0.29, 0.717) is 0 Å². The molecule has 0 saturated heterocycles. The largest absolute Gasteiger partial charge is 0.504 e. The van der Waals surface area contributed by atoms with E-state index in [4.69, 9.17) is 11.5 Å². The summed E-state index contributed by atoms with van der Waals surface area (Å²) in [6, 6.07) is 1.73. The van der Waals surface area contributed by atoms with Gasteiger partial charge in [0.15, 0.2) is 11.5 Å². The summed E-state index contributed by atoms with van der Waals surface area (Å²) in [5.74, 6) is -8.19. The number of carboxylic acid groups (broad SMARTS) is 2. The number of rotatable bonds is 4. The minimum Gasteiger partial charge on any atom is -0.504 e. The van der Waals surface area contributed by atoms with E-state index >= 15 is 0 Å². The molecule has 0 fully saturated rings. The summed E-state index contributed by atoms with van der Waals surface area (Å²) in [5.41, 5.74) is 7.31. The van der Waals surface area contributed by atoms with Crippen LogP contribution in [0, 0.1) is 0 Å². The van der Waals surface area contributed by atoms with Gasteiger partial charge in [0, 0.05) is 10.8 Å². The van der Waals surface area contributed by atoms with Crippen LogP contribution in [-0.2, 0) is 0 Å². The monoisotopic (exact) mass is 334 g/mol. The maximum atomic E-state index is 11.6. The maximum Gasteiger partial charge on any atom is 0.336 e. The smallest absolute Gasteiger partial charge is 0.336 e. The van der Waals surface area contributed by atoms with Crippen LogP contribution in [0.2, 0.25) is 0 Å². The molecule has 2 aromatic carbocycles. The molecule has 0 bridgehead atoms. The molecule has 2 amide bonds. The molecule has 124 valence electrons. The molecule has 2 aromatic rings. The summed E-state index contributed by atoms with van der Waals surface area (Å²) in [6.45, 7) is 0. The van der Waals surface area contributed by atoms with Gasteiger partial charge in [-0.3, -0.25) is 9.59 Å². The van der Waals surface area contributed by atoms with Crippen LogP contribution >= 0.6 is 0 Å². The van der Waals surface area contributed by atoms with Gasteiger partial charge in [-0.25, -0.2) is 9.59 Å². The van der Waals surface area contributed by atoms with Gasteiger partial charge in [0.2, 0.25) is 0 Å². The predicted molar refractivity (Wildman–Crippen MR) is 78.2 cm³/mol. The van der Waals surface area contributed by atoms with Gasteiger partial charge in [-0.1, -0.05) is 0 Å². The van der Waals surface area contributed by atoms with Gasteiger partial charge < -0.3 is 31.9 Å². The molecule has 0 aliphatic heterocycles. The quantitative estimate of drug-likeness (QED) is 0.414. The number of phenols is 2. The standard InChI is InChI=1S/C14H10N2O8/c15-11(19)7-5-3(13(21)22)1-2-4(14(23)24)6(5)8(12(16)20)10(18)9(7)17/h1-2,17-18H,(H2,15,19)(H2,16,20)(H,21,22)(H,23,24). The Hall–Kier alpha value is -3.82. The highest BCUT2D eigenvalue weighted by Gasteiger charge is 2.30. The Labute approximate surface area is 132 Å². The molecule has 0 heterocycles. The first kappa shape index (κ1) is 16.5. The molecule has 0 spiro atoms. The van der Waals surface area contributed by atoms with Crippen LogP contribution in [0.3, 0.4) is 0 Å². The Bertz CT molecular complexity index is 871. The fourth-order valence-electron chi connectivity index (χ4n) is 2.43. The van der Waals surface area contributed by atoms with E-state index in [1.165, 1.54) is 0 Å². The van der Waals surface area contributed by atoms with E-state index in [1.54, 1.807) is 0 Å². The summed E-state index contributed by atoms with van der Waals surface area (Å²) in [5, 5.41) is 37.1. The lowest BCUT2D eigenvalue weighted by Gasteiger charge is -2.16. The molecule has 0 aliphatic carbocycles. The molecular weight excluding hydrogens is 324 g/mol. The first-order chi connectivity index (χ1) is 11.1. The van der Waals surface area contributed by atoms with Crippen LogP contribution in [0.25, 0.3) is 10.8 Å². The van der Waals surface area contributed by atoms with E-state index in [9.17, 15) is 39.6 Å². The summed E-state index contributed by atoms with van der Waals surface area (Å²) in [6.07, 6.45) is 0. The van der Waals surface area contributed by atoms with Crippen molar-refractivity contribution >= 4 is 34.5 Å². The van der Waals surface area contributed by atoms with Crippen LogP contribution < -0.4 is 11.5 Å². The van der Waals surface area contributed by atoms with Crippen LogP contribution in [-0.4, -0.2) is 44.2 Å². The maximum absolute atomic E-state index is 11.6. The van der Waals surface area contributed by atoms with Crippen molar-refractivity contribution in [3.8, 4) is 11.5 Å². The van der Waals surface area contributed by atoms with Gasteiger partial charge in [-0.05, 0) is 12.1 Å². The average Bonchev–Trinajstić information content (AvgIpc) is 2.46. The van der Waals surface area contributed by atoms with Crippen molar-refractivity contribution in [2.75, 3.05) is 0 Å². The number of aromatic hydroxyl groups is 2. The van der Waals surface area contributed by atoms with Crippen molar-refractivity contribution in [1.29, 1.82) is 0 Å². The number of hydrogen-bond donors (Lipinski definition) is 6. The number of carboxylic acids is 2. The number of nitrogens with two attached hydrogens (primary N) is 2. The Kier molecular flexibility index (Phi) is 3.74. The van der Waals surface area contributed by atoms with Gasteiger partial charge in [0.05, 0.1) is 22.3 Å². The molecule has 0 unspecified atom stereocenters. The number of carbonyl (C=O) groups excluding carboxylic acids is 2. The Morgan fingerprint density at radius 2 is 1.00 bits per heavy atom. The van der Waals surface area contributed by atoms with Gasteiger partial charge in [-0.15, -0.1) is 0 Å². The van der Waals surface area contributed by atoms with Crippen molar-refractivity contribution in [3.05, 3.63) is 34.4 Å². The molecule has 0 aliphatic rings. The highest BCUT2D eigenvalue weighted by atomic mass is 16.4. The number of primary amides is 2. The summed E-state index contributed by atoms with van der Waals surface area (Å²) in [4.78, 5) is 46.0. The van der Waals surface area contributed by atoms with Crippen molar-refractivity contribution in [1.82, 2.24) is 0 Å². The molecule has 0 saturated carbocycles. The molecule has 0 aromatic heterocycles. The predicted octanol–water partition coefficient (Wildman–Crippen LogP) is -0.155. The van der Waals surface area contributed by atoms with Gasteiger partial charge >= 0.3 is 11.9 Å². The zero-order valence-corrected chi connectivity index (χ0v) is 11.7. The molecule has 0 radical (unpaired) electrons. The first-order valence-electron chi connectivity index (χ1n) is 6.20. The third-order valence-corrected chi connectivity index (χ3v) is 3.36. The van der Waals surface area contributed by atoms with Gasteiger partial charge in [-0.2, -0.15) is 0 Å². The second-order valence-corrected chi connectivity index (χ2v) is 4.70. The minimum absolute atomic E-state index is 0.610. The molecule has 2 rings (SSSR count). The lowest BCUT2D eigenvalue weighted by atomic mass is 9.89. The second-order valence-electron chi connectivity index (χ2n) is 4.70. The highest BCUT2D eigenvalue weighted by Crippen LogP contribution is 2.42. The van der Waals surface area contributed by atoms with Crippen molar-refractivity contribution in [2.45, 2.75) is 0 Å². The van der Waals surface area contributed by atoms with Crippen LogP contribution in [0.15, 0.2) is 12.1 Å². The molecule has 10 heteroatoms. The third-order valence-electron chi connectivity index (χ3n) is 3.36. The zero-order chi connectivity index (χ0) is 18.3. The van der Waals surface area contributed by atoms with E-state index in [1.807, 2.05) is 0 Å². The lowest BCUT2D eigenvalue weighted by molar-refractivity contribution is 0.0684. The average molecular weight is 334 g/mol. The van der Waals surface area contributed by atoms with E-state index in [-0.39, 0.29) is 0 Å². The number of aromatic carboxylic acids is 2. The fraction of sp³-hybridized carbons (Fsp3) is 0. The topological polar surface area (TPSA) is 201 Å². The Morgan fingerprint density at radius 1 is 0.708 bits per heavy atom. The number of fused-ring (bicyclic) bond motifs is 1. The van der Waals surface area contributed by atoms with E-state index in [2.05, 4.69) is 0 Å². The molecule has 24 heavy (non-hydrogen) atoms. The van der Waals surface area contributed by atoms with E-state index in [0.717, 1.165) is 12.1 Å². The second kappa shape index (κ2) is 5.43. The van der Waals surface area contributed by atoms with Crippen molar-refractivity contribution in [3.63, 3.8) is 0 Å². The third kappa shape index (κ3) is 2.22. The molecular formula is C14H10N2O8. The summed E-state index contributed by atoms with van der Waals surface area (Å²) >= 11 is 0. The van der Waals surface area contributed by atoms with Gasteiger partial charge in [0.1, 0.15) is 0 Å². The zero-order valence-electron chi connectivity index (χ0n) is 11.7. The lowest BCUT2D eigenvalue weighted by Crippen LogP contribution is -2.19. The van der Waals surface area contributed by atoms with Crippen LogP contribution in [0.1, 0.15) is 41.4 Å². The van der Waals surface area contributed by atoms with Gasteiger partial charge in [0.25, 0.3) is 11.8 Å². The first-order valence-corrected chi connectivity index (χ1v) is 6.20. The molecule has 0 atom stereocenters. The number of carbonyl (C=O) groups is 4.